The van der Waals surface area contributed by atoms with Crippen LogP contribution in [0, 0.1) is 17.8 Å². The molecule has 0 aromatic carbocycles. The second kappa shape index (κ2) is 3.47. The van der Waals surface area contributed by atoms with Gasteiger partial charge >= 0.3 is 0 Å². The van der Waals surface area contributed by atoms with Crippen molar-refractivity contribution in [2.75, 3.05) is 5.73 Å². The zero-order valence-corrected chi connectivity index (χ0v) is 10.2. The van der Waals surface area contributed by atoms with Crippen molar-refractivity contribution in [3.63, 3.8) is 0 Å². The Morgan fingerprint density at radius 3 is 2.80 bits per heavy atom. The van der Waals surface area contributed by atoms with Crippen LogP contribution in [0.25, 0.3) is 0 Å². The van der Waals surface area contributed by atoms with E-state index in [0.717, 1.165) is 29.0 Å². The maximum atomic E-state index is 5.56. The molecular weight excluding hydrogens is 256 g/mol. The van der Waals surface area contributed by atoms with Gasteiger partial charge in [-0.25, -0.2) is 4.68 Å². The first kappa shape index (κ1) is 9.63. The van der Waals surface area contributed by atoms with E-state index < -0.39 is 0 Å². The lowest BCUT2D eigenvalue weighted by atomic mass is 9.89. The number of hydrogen-bond donors (Lipinski definition) is 1. The minimum Gasteiger partial charge on any atom is -0.366 e. The van der Waals surface area contributed by atoms with Gasteiger partial charge in [0.05, 0.1) is 0 Å². The molecule has 3 unspecified atom stereocenters. The van der Waals surface area contributed by atoms with E-state index in [1.165, 1.54) is 25.7 Å². The van der Waals surface area contributed by atoms with Crippen molar-refractivity contribution in [2.24, 2.45) is 17.8 Å². The molecular formula is C10H15BrN4. The molecule has 15 heavy (non-hydrogen) atoms. The number of anilines is 1. The van der Waals surface area contributed by atoms with Gasteiger partial charge < -0.3 is 5.73 Å². The highest BCUT2D eigenvalue weighted by Gasteiger charge is 2.39. The monoisotopic (exact) mass is 270 g/mol. The number of halogens is 1. The molecule has 4 nitrogen and oxygen atoms in total. The van der Waals surface area contributed by atoms with Crippen molar-refractivity contribution >= 4 is 21.9 Å². The predicted molar refractivity (Wildman–Crippen MR) is 61.1 cm³/mol. The summed E-state index contributed by atoms with van der Waals surface area (Å²) in [4.78, 5) is 4.06. The number of nitrogens with zero attached hydrogens (tertiary/aromatic N) is 3. The molecule has 1 aromatic heterocycles. The van der Waals surface area contributed by atoms with Crippen molar-refractivity contribution in [1.82, 2.24) is 14.8 Å². The number of nitrogens with two attached hydrogens (primary N) is 1. The van der Waals surface area contributed by atoms with Crippen LogP contribution in [0.2, 0.25) is 0 Å². The maximum Gasteiger partial charge on any atom is 0.240 e. The van der Waals surface area contributed by atoms with Crippen LogP contribution in [0.15, 0.2) is 4.73 Å². The standard InChI is InChI=1S/C10H15BrN4/c11-9-13-10(12)14-15(9)5-8-4-6-1-2-7(8)3-6/h6-8H,1-5H2,(H2,12,14). The zero-order valence-electron chi connectivity index (χ0n) is 8.56. The molecule has 3 rings (SSSR count). The lowest BCUT2D eigenvalue weighted by Gasteiger charge is -2.21. The van der Waals surface area contributed by atoms with Gasteiger partial charge in [-0.2, -0.15) is 4.98 Å². The molecule has 82 valence electrons. The highest BCUT2D eigenvalue weighted by Crippen LogP contribution is 2.48. The highest BCUT2D eigenvalue weighted by atomic mass is 79.9. The molecule has 2 bridgehead atoms. The second-order valence-corrected chi connectivity index (χ2v) is 5.57. The first-order valence-electron chi connectivity index (χ1n) is 5.58. The average molecular weight is 271 g/mol. The minimum atomic E-state index is 0.366. The summed E-state index contributed by atoms with van der Waals surface area (Å²) in [7, 11) is 0. The molecule has 0 aliphatic heterocycles. The Balaban J connectivity index is 1.73. The van der Waals surface area contributed by atoms with Crippen LogP contribution in [0.4, 0.5) is 5.95 Å². The number of hydrogen-bond acceptors (Lipinski definition) is 3. The fraction of sp³-hybridized carbons (Fsp3) is 0.800. The first-order valence-corrected chi connectivity index (χ1v) is 6.37. The van der Waals surface area contributed by atoms with E-state index in [1.807, 2.05) is 4.68 Å². The smallest absolute Gasteiger partial charge is 0.240 e. The average Bonchev–Trinajstić information content (AvgIpc) is 2.83. The predicted octanol–water partition coefficient (Wildman–Crippen LogP) is 2.06. The fourth-order valence-corrected chi connectivity index (χ4v) is 3.68. The normalized spacial score (nSPS) is 33.8. The summed E-state index contributed by atoms with van der Waals surface area (Å²) in [6.07, 6.45) is 5.67. The summed E-state index contributed by atoms with van der Waals surface area (Å²) in [5.74, 6) is 3.07. The second-order valence-electron chi connectivity index (χ2n) is 4.86. The molecule has 2 aliphatic carbocycles. The van der Waals surface area contributed by atoms with Crippen molar-refractivity contribution in [2.45, 2.75) is 32.2 Å². The number of fused-ring (bicyclic) bond motifs is 2. The van der Waals surface area contributed by atoms with Gasteiger partial charge in [-0.05, 0) is 52.9 Å². The summed E-state index contributed by atoms with van der Waals surface area (Å²) in [5.41, 5.74) is 5.56. The van der Waals surface area contributed by atoms with Crippen LogP contribution in [0.1, 0.15) is 25.7 Å². The molecule has 3 atom stereocenters. The van der Waals surface area contributed by atoms with Gasteiger partial charge in [-0.1, -0.05) is 6.42 Å². The molecule has 0 amide bonds. The topological polar surface area (TPSA) is 56.7 Å². The van der Waals surface area contributed by atoms with Crippen LogP contribution >= 0.6 is 15.9 Å². The van der Waals surface area contributed by atoms with Crippen molar-refractivity contribution < 1.29 is 0 Å². The van der Waals surface area contributed by atoms with E-state index in [1.54, 1.807) is 0 Å². The van der Waals surface area contributed by atoms with Gasteiger partial charge in [0, 0.05) is 6.54 Å². The van der Waals surface area contributed by atoms with E-state index in [0.29, 0.717) is 5.95 Å². The Bertz CT molecular complexity index is 375. The van der Waals surface area contributed by atoms with Crippen molar-refractivity contribution in [3.8, 4) is 0 Å². The molecule has 0 saturated heterocycles. The van der Waals surface area contributed by atoms with Gasteiger partial charge in [0.15, 0.2) is 4.73 Å². The summed E-state index contributed by atoms with van der Waals surface area (Å²) < 4.78 is 2.67. The Hall–Kier alpha value is -0.580. The molecule has 2 saturated carbocycles. The lowest BCUT2D eigenvalue weighted by molar-refractivity contribution is 0.283. The number of aromatic nitrogens is 3. The minimum absolute atomic E-state index is 0.366. The Morgan fingerprint density at radius 1 is 1.40 bits per heavy atom. The van der Waals surface area contributed by atoms with Crippen LogP contribution in [-0.4, -0.2) is 14.8 Å². The molecule has 1 aromatic rings. The van der Waals surface area contributed by atoms with E-state index in [-0.39, 0.29) is 0 Å². The quantitative estimate of drug-likeness (QED) is 0.895. The Kier molecular flexibility index (Phi) is 2.23. The molecule has 2 N–H and O–H groups in total. The van der Waals surface area contributed by atoms with Crippen LogP contribution in [0.3, 0.4) is 0 Å². The lowest BCUT2D eigenvalue weighted by Crippen LogP contribution is -2.18. The summed E-state index contributed by atoms with van der Waals surface area (Å²) in [5, 5.41) is 4.19. The summed E-state index contributed by atoms with van der Waals surface area (Å²) in [6, 6.07) is 0. The number of rotatable bonds is 2. The molecule has 0 spiro atoms. The molecule has 2 aliphatic rings. The summed E-state index contributed by atoms with van der Waals surface area (Å²) >= 11 is 3.39. The van der Waals surface area contributed by atoms with E-state index in [9.17, 15) is 0 Å². The van der Waals surface area contributed by atoms with E-state index in [4.69, 9.17) is 5.73 Å². The van der Waals surface area contributed by atoms with Gasteiger partial charge in [-0.3, -0.25) is 0 Å². The zero-order chi connectivity index (χ0) is 10.4. The Morgan fingerprint density at radius 2 is 2.27 bits per heavy atom. The third-order valence-electron chi connectivity index (χ3n) is 3.93. The molecule has 1 heterocycles. The van der Waals surface area contributed by atoms with E-state index in [2.05, 4.69) is 26.0 Å². The molecule has 5 heteroatoms. The first-order chi connectivity index (χ1) is 7.22. The van der Waals surface area contributed by atoms with Gasteiger partial charge in [0.25, 0.3) is 0 Å². The van der Waals surface area contributed by atoms with Crippen LogP contribution in [0.5, 0.6) is 0 Å². The van der Waals surface area contributed by atoms with Crippen LogP contribution in [-0.2, 0) is 6.54 Å². The van der Waals surface area contributed by atoms with Crippen LogP contribution < -0.4 is 5.73 Å². The third kappa shape index (κ3) is 1.67. The molecule has 0 radical (unpaired) electrons. The van der Waals surface area contributed by atoms with Crippen molar-refractivity contribution in [3.05, 3.63) is 4.73 Å². The molecule has 2 fully saturated rings. The van der Waals surface area contributed by atoms with Gasteiger partial charge in [0.2, 0.25) is 5.95 Å². The van der Waals surface area contributed by atoms with Gasteiger partial charge in [-0.15, -0.1) is 5.10 Å². The van der Waals surface area contributed by atoms with Gasteiger partial charge in [0.1, 0.15) is 0 Å². The maximum absolute atomic E-state index is 5.56. The SMILES string of the molecule is Nc1nc(Br)n(CC2CC3CCC2C3)n1. The fourth-order valence-electron chi connectivity index (χ4n) is 3.28. The third-order valence-corrected chi connectivity index (χ3v) is 4.52. The van der Waals surface area contributed by atoms with Crippen molar-refractivity contribution in [1.29, 1.82) is 0 Å². The summed E-state index contributed by atoms with van der Waals surface area (Å²) in [6.45, 7) is 0.978. The largest absolute Gasteiger partial charge is 0.366 e. The van der Waals surface area contributed by atoms with E-state index >= 15 is 0 Å². The highest BCUT2D eigenvalue weighted by molar-refractivity contribution is 9.10. The number of nitrogen functional groups attached to an aromatic ring is 1. The Labute approximate surface area is 97.4 Å².